The highest BCUT2D eigenvalue weighted by Gasteiger charge is 2.47. The van der Waals surface area contributed by atoms with Crippen molar-refractivity contribution in [1.29, 1.82) is 0 Å². The van der Waals surface area contributed by atoms with Gasteiger partial charge in [0.2, 0.25) is 17.7 Å². The second-order valence-corrected chi connectivity index (χ2v) is 9.29. The number of carbonyl (C=O) groups is 3. The maximum Gasteiger partial charge on any atom is 0.233 e. The molecule has 1 saturated carbocycles. The number of carbonyl (C=O) groups excluding carboxylic acids is 3. The highest BCUT2D eigenvalue weighted by atomic mass is 16.5. The smallest absolute Gasteiger partial charge is 0.233 e. The number of ether oxygens (including phenoxy) is 1. The Kier molecular flexibility index (Phi) is 6.93. The number of amides is 3. The van der Waals surface area contributed by atoms with Crippen LogP contribution in [-0.4, -0.2) is 54.3 Å². The van der Waals surface area contributed by atoms with Crippen LogP contribution in [0.4, 0.5) is 0 Å². The molecule has 0 N–H and O–H groups in total. The first-order valence-electron chi connectivity index (χ1n) is 11.8. The molecule has 0 spiro atoms. The number of aryl methyl sites for hydroxylation is 1. The van der Waals surface area contributed by atoms with E-state index in [-0.39, 0.29) is 42.5 Å². The average Bonchev–Trinajstić information content (AvgIpc) is 3.06. The summed E-state index contributed by atoms with van der Waals surface area (Å²) in [5, 5.41) is 0. The summed E-state index contributed by atoms with van der Waals surface area (Å²) in [7, 11) is 1.68. The van der Waals surface area contributed by atoms with Crippen LogP contribution < -0.4 is 4.74 Å². The molecular weight excluding hydrogens is 392 g/mol. The lowest BCUT2D eigenvalue weighted by molar-refractivity contribution is -0.141. The molecule has 6 nitrogen and oxygen atoms in total. The van der Waals surface area contributed by atoms with E-state index < -0.39 is 0 Å². The lowest BCUT2D eigenvalue weighted by atomic mass is 9.81. The summed E-state index contributed by atoms with van der Waals surface area (Å²) in [5.74, 6) is 1.25. The minimum absolute atomic E-state index is 0.0419. The van der Waals surface area contributed by atoms with Gasteiger partial charge in [-0.05, 0) is 62.1 Å². The van der Waals surface area contributed by atoms with Gasteiger partial charge in [-0.1, -0.05) is 25.0 Å². The molecule has 3 amide bonds. The van der Waals surface area contributed by atoms with Crippen LogP contribution in [0.5, 0.6) is 5.75 Å². The number of piperidine rings is 1. The van der Waals surface area contributed by atoms with Gasteiger partial charge in [0.15, 0.2) is 0 Å². The number of fused-ring (bicyclic) bond motifs is 1. The highest BCUT2D eigenvalue weighted by molar-refractivity contribution is 6.05. The Labute approximate surface area is 184 Å². The number of hydrogen-bond acceptors (Lipinski definition) is 4. The van der Waals surface area contributed by atoms with E-state index in [1.54, 1.807) is 7.11 Å². The maximum absolute atomic E-state index is 12.7. The minimum atomic E-state index is -0.127. The standard InChI is InChI=1S/C25H34N2O4/c1-31-20-10-8-18(9-11-20)6-7-19-12-15-26(16-13-19)23(28)14-17-27-24(29)21-4-2-3-5-22(21)25(27)30/h8-11,19,21-22H,2-7,12-17H2,1H3/t21-,22-/m0/s1. The van der Waals surface area contributed by atoms with E-state index in [1.165, 1.54) is 10.5 Å². The van der Waals surface area contributed by atoms with Crippen LogP contribution in [0.15, 0.2) is 24.3 Å². The SMILES string of the molecule is COc1ccc(CCC2CCN(C(=O)CCN3C(=O)[C@H]4CCCC[C@@H]4C3=O)CC2)cc1. The van der Waals surface area contributed by atoms with Crippen LogP contribution in [0.3, 0.4) is 0 Å². The number of imide groups is 1. The molecule has 3 fully saturated rings. The van der Waals surface area contributed by atoms with Gasteiger partial charge in [-0.3, -0.25) is 19.3 Å². The van der Waals surface area contributed by atoms with Crippen LogP contribution in [0.2, 0.25) is 0 Å². The van der Waals surface area contributed by atoms with Crippen molar-refractivity contribution in [2.45, 2.75) is 57.8 Å². The Bertz CT molecular complexity index is 774. The molecule has 168 valence electrons. The largest absolute Gasteiger partial charge is 0.497 e. The molecule has 3 aliphatic rings. The average molecular weight is 427 g/mol. The van der Waals surface area contributed by atoms with Crippen LogP contribution in [0.1, 0.15) is 56.9 Å². The van der Waals surface area contributed by atoms with Crippen LogP contribution in [0, 0.1) is 17.8 Å². The summed E-state index contributed by atoms with van der Waals surface area (Å²) in [5.41, 5.74) is 1.32. The second-order valence-electron chi connectivity index (χ2n) is 9.29. The number of methoxy groups -OCH3 is 1. The van der Waals surface area contributed by atoms with Crippen LogP contribution >= 0.6 is 0 Å². The maximum atomic E-state index is 12.7. The lowest BCUT2D eigenvalue weighted by Crippen LogP contribution is -2.41. The molecule has 1 aromatic carbocycles. The van der Waals surface area contributed by atoms with Gasteiger partial charge in [0.05, 0.1) is 18.9 Å². The topological polar surface area (TPSA) is 66.9 Å². The Morgan fingerprint density at radius 2 is 1.58 bits per heavy atom. The summed E-state index contributed by atoms with van der Waals surface area (Å²) in [6.45, 7) is 1.80. The third-order valence-corrected chi connectivity index (χ3v) is 7.45. The van der Waals surface area contributed by atoms with E-state index in [4.69, 9.17) is 4.74 Å². The summed E-state index contributed by atoms with van der Waals surface area (Å²) in [6, 6.07) is 8.24. The Balaban J connectivity index is 1.19. The molecule has 0 aromatic heterocycles. The Morgan fingerprint density at radius 3 is 2.16 bits per heavy atom. The molecule has 2 atom stereocenters. The van der Waals surface area contributed by atoms with Gasteiger partial charge in [0, 0.05) is 26.1 Å². The molecule has 0 radical (unpaired) electrons. The molecule has 2 saturated heterocycles. The van der Waals surface area contributed by atoms with E-state index in [9.17, 15) is 14.4 Å². The normalized spacial score (nSPS) is 24.4. The van der Waals surface area contributed by atoms with Gasteiger partial charge in [0.25, 0.3) is 0 Å². The summed E-state index contributed by atoms with van der Waals surface area (Å²) in [6.07, 6.45) is 8.18. The number of benzene rings is 1. The molecule has 0 unspecified atom stereocenters. The fourth-order valence-electron chi connectivity index (χ4n) is 5.45. The molecule has 1 aromatic rings. The van der Waals surface area contributed by atoms with Crippen molar-refractivity contribution in [3.05, 3.63) is 29.8 Å². The van der Waals surface area contributed by atoms with E-state index in [0.29, 0.717) is 5.92 Å². The first kappa shape index (κ1) is 21.8. The zero-order valence-corrected chi connectivity index (χ0v) is 18.6. The van der Waals surface area contributed by atoms with Crippen molar-refractivity contribution in [3.63, 3.8) is 0 Å². The van der Waals surface area contributed by atoms with E-state index >= 15 is 0 Å². The van der Waals surface area contributed by atoms with E-state index in [2.05, 4.69) is 12.1 Å². The summed E-state index contributed by atoms with van der Waals surface area (Å²) < 4.78 is 5.21. The van der Waals surface area contributed by atoms with Gasteiger partial charge >= 0.3 is 0 Å². The van der Waals surface area contributed by atoms with Crippen molar-refractivity contribution in [2.75, 3.05) is 26.7 Å². The molecule has 31 heavy (non-hydrogen) atoms. The van der Waals surface area contributed by atoms with Crippen LogP contribution in [0.25, 0.3) is 0 Å². The van der Waals surface area contributed by atoms with Crippen molar-refractivity contribution in [3.8, 4) is 5.75 Å². The lowest BCUT2D eigenvalue weighted by Gasteiger charge is -2.32. The van der Waals surface area contributed by atoms with Crippen molar-refractivity contribution < 1.29 is 19.1 Å². The molecule has 2 heterocycles. The van der Waals surface area contributed by atoms with Gasteiger partial charge in [-0.15, -0.1) is 0 Å². The van der Waals surface area contributed by atoms with Gasteiger partial charge in [0.1, 0.15) is 5.75 Å². The molecule has 1 aliphatic carbocycles. The van der Waals surface area contributed by atoms with Crippen LogP contribution in [-0.2, 0) is 20.8 Å². The van der Waals surface area contributed by atoms with E-state index in [1.807, 2.05) is 17.0 Å². The van der Waals surface area contributed by atoms with Crippen molar-refractivity contribution in [2.24, 2.45) is 17.8 Å². The number of nitrogens with zero attached hydrogens (tertiary/aromatic N) is 2. The monoisotopic (exact) mass is 426 g/mol. The van der Waals surface area contributed by atoms with Gasteiger partial charge in [-0.2, -0.15) is 0 Å². The molecule has 0 bridgehead atoms. The first-order valence-corrected chi connectivity index (χ1v) is 11.8. The highest BCUT2D eigenvalue weighted by Crippen LogP contribution is 2.38. The fourth-order valence-corrected chi connectivity index (χ4v) is 5.45. The molecular formula is C25H34N2O4. The minimum Gasteiger partial charge on any atom is -0.497 e. The quantitative estimate of drug-likeness (QED) is 0.627. The zero-order valence-electron chi connectivity index (χ0n) is 18.6. The van der Waals surface area contributed by atoms with Gasteiger partial charge < -0.3 is 9.64 Å². The Morgan fingerprint density at radius 1 is 0.968 bits per heavy atom. The van der Waals surface area contributed by atoms with Crippen molar-refractivity contribution in [1.82, 2.24) is 9.80 Å². The van der Waals surface area contributed by atoms with Crippen molar-refractivity contribution >= 4 is 17.7 Å². The number of likely N-dealkylation sites (tertiary alicyclic amines) is 2. The molecule has 4 rings (SSSR count). The predicted molar refractivity (Wildman–Crippen MR) is 117 cm³/mol. The Hall–Kier alpha value is -2.37. The third-order valence-electron chi connectivity index (χ3n) is 7.45. The number of rotatable bonds is 7. The number of hydrogen-bond donors (Lipinski definition) is 0. The molecule has 6 heteroatoms. The second kappa shape index (κ2) is 9.84. The summed E-state index contributed by atoms with van der Waals surface area (Å²) >= 11 is 0. The zero-order chi connectivity index (χ0) is 21.8. The predicted octanol–water partition coefficient (Wildman–Crippen LogP) is 3.43. The van der Waals surface area contributed by atoms with Gasteiger partial charge in [-0.25, -0.2) is 0 Å². The van der Waals surface area contributed by atoms with E-state index in [0.717, 1.165) is 70.2 Å². The first-order chi connectivity index (χ1) is 15.1. The fraction of sp³-hybridized carbons (Fsp3) is 0.640. The summed E-state index contributed by atoms with van der Waals surface area (Å²) in [4.78, 5) is 41.1. The third kappa shape index (κ3) is 4.94. The molecule has 2 aliphatic heterocycles.